The number of carbonyl (C=O) groups is 1. The maximum atomic E-state index is 10.6. The molecule has 18 heavy (non-hydrogen) atoms. The normalized spacial score (nSPS) is 9.83. The highest BCUT2D eigenvalue weighted by molar-refractivity contribution is 5.85. The van der Waals surface area contributed by atoms with E-state index >= 15 is 0 Å². The van der Waals surface area contributed by atoms with E-state index in [1.807, 2.05) is 0 Å². The number of pyridine rings is 1. The van der Waals surface area contributed by atoms with E-state index in [1.54, 1.807) is 18.3 Å². The predicted octanol–water partition coefficient (Wildman–Crippen LogP) is 1.32. The first-order valence-corrected chi connectivity index (χ1v) is 5.03. The molecule has 0 aliphatic carbocycles. The van der Waals surface area contributed by atoms with Gasteiger partial charge >= 0.3 is 5.97 Å². The zero-order valence-corrected chi connectivity index (χ0v) is 9.49. The van der Waals surface area contributed by atoms with Gasteiger partial charge in [0.05, 0.1) is 19.0 Å². The van der Waals surface area contributed by atoms with Crippen molar-refractivity contribution in [1.29, 1.82) is 0 Å². The van der Waals surface area contributed by atoms with Gasteiger partial charge < -0.3 is 15.2 Å². The zero-order chi connectivity index (χ0) is 13.0. The Hall–Kier alpha value is -2.70. The predicted molar refractivity (Wildman–Crippen MR) is 63.1 cm³/mol. The molecule has 92 valence electrons. The van der Waals surface area contributed by atoms with Gasteiger partial charge in [0.25, 0.3) is 0 Å². The average molecular weight is 246 g/mol. The number of anilines is 2. The van der Waals surface area contributed by atoms with Crippen molar-refractivity contribution in [2.24, 2.45) is 0 Å². The van der Waals surface area contributed by atoms with Crippen molar-refractivity contribution in [2.75, 3.05) is 12.4 Å². The molecule has 0 atom stereocenters. The first kappa shape index (κ1) is 11.8. The minimum absolute atomic E-state index is 0.103. The van der Waals surface area contributed by atoms with Crippen LogP contribution in [-0.2, 0) is 0 Å². The van der Waals surface area contributed by atoms with Gasteiger partial charge in [-0.05, 0) is 18.2 Å². The molecule has 0 aliphatic heterocycles. The topological polar surface area (TPSA) is 97.2 Å². The van der Waals surface area contributed by atoms with Crippen LogP contribution in [0.5, 0.6) is 5.88 Å². The molecule has 2 N–H and O–H groups in total. The van der Waals surface area contributed by atoms with E-state index in [2.05, 4.69) is 20.5 Å². The van der Waals surface area contributed by atoms with Gasteiger partial charge in [0, 0.05) is 6.07 Å². The third-order valence-electron chi connectivity index (χ3n) is 2.10. The third kappa shape index (κ3) is 2.70. The van der Waals surface area contributed by atoms with Crippen LogP contribution in [-0.4, -0.2) is 33.4 Å². The fraction of sp³-hybridized carbons (Fsp3) is 0.0909. The van der Waals surface area contributed by atoms with Gasteiger partial charge in [0.15, 0.2) is 11.5 Å². The standard InChI is InChI=1S/C11H10N4O3/c1-18-10-5-2-7(6-12-10)13-9-4-3-8(11(16)17)14-15-9/h2-6H,1H3,(H,13,15)(H,16,17). The Morgan fingerprint density at radius 3 is 2.61 bits per heavy atom. The SMILES string of the molecule is COc1ccc(Nc2ccc(C(=O)O)nn2)cn1. The van der Waals surface area contributed by atoms with Crippen LogP contribution in [0.15, 0.2) is 30.5 Å². The highest BCUT2D eigenvalue weighted by atomic mass is 16.5. The smallest absolute Gasteiger partial charge is 0.356 e. The van der Waals surface area contributed by atoms with Crippen molar-refractivity contribution in [2.45, 2.75) is 0 Å². The molecule has 0 unspecified atom stereocenters. The number of methoxy groups -OCH3 is 1. The summed E-state index contributed by atoms with van der Waals surface area (Å²) in [4.78, 5) is 14.6. The van der Waals surface area contributed by atoms with Gasteiger partial charge in [-0.1, -0.05) is 0 Å². The number of nitrogens with zero attached hydrogens (tertiary/aromatic N) is 3. The molecule has 2 aromatic rings. The number of hydrogen-bond donors (Lipinski definition) is 2. The van der Waals surface area contributed by atoms with Crippen molar-refractivity contribution in [1.82, 2.24) is 15.2 Å². The van der Waals surface area contributed by atoms with Crippen LogP contribution in [0.3, 0.4) is 0 Å². The molecule has 0 spiro atoms. The lowest BCUT2D eigenvalue weighted by Crippen LogP contribution is -2.03. The molecule has 0 bridgehead atoms. The van der Waals surface area contributed by atoms with Gasteiger partial charge in [0.2, 0.25) is 5.88 Å². The van der Waals surface area contributed by atoms with Crippen LogP contribution < -0.4 is 10.1 Å². The van der Waals surface area contributed by atoms with Gasteiger partial charge in [-0.3, -0.25) is 0 Å². The summed E-state index contributed by atoms with van der Waals surface area (Å²) in [5.74, 6) is -0.167. The number of hydrogen-bond acceptors (Lipinski definition) is 6. The maximum Gasteiger partial charge on any atom is 0.356 e. The molecule has 0 aliphatic rings. The number of aromatic carboxylic acids is 1. The second-order valence-electron chi connectivity index (χ2n) is 3.32. The van der Waals surface area contributed by atoms with Crippen LogP contribution in [0.2, 0.25) is 0 Å². The summed E-state index contributed by atoms with van der Waals surface area (Å²) >= 11 is 0. The first-order chi connectivity index (χ1) is 8.69. The molecule has 0 fully saturated rings. The Kier molecular flexibility index (Phi) is 3.33. The third-order valence-corrected chi connectivity index (χ3v) is 2.10. The Bertz CT molecular complexity index is 539. The molecular weight excluding hydrogens is 236 g/mol. The summed E-state index contributed by atoms with van der Waals surface area (Å²) in [5.41, 5.74) is 0.599. The van der Waals surface area contributed by atoms with Crippen LogP contribution in [0.1, 0.15) is 10.5 Å². The molecule has 0 amide bonds. The highest BCUT2D eigenvalue weighted by Crippen LogP contribution is 2.15. The van der Waals surface area contributed by atoms with E-state index in [0.717, 1.165) is 0 Å². The summed E-state index contributed by atoms with van der Waals surface area (Å²) in [6.45, 7) is 0. The number of carboxylic acid groups (broad SMARTS) is 1. The Labute approximate surface area is 102 Å². The van der Waals surface area contributed by atoms with E-state index in [-0.39, 0.29) is 5.69 Å². The molecule has 7 heteroatoms. The lowest BCUT2D eigenvalue weighted by Gasteiger charge is -2.05. The summed E-state index contributed by atoms with van der Waals surface area (Å²) in [5, 5.41) is 18.9. The molecule has 2 heterocycles. The Balaban J connectivity index is 2.10. The fourth-order valence-electron chi connectivity index (χ4n) is 1.24. The Morgan fingerprint density at radius 1 is 1.28 bits per heavy atom. The largest absolute Gasteiger partial charge is 0.481 e. The van der Waals surface area contributed by atoms with Crippen molar-refractivity contribution in [3.05, 3.63) is 36.2 Å². The number of nitrogens with one attached hydrogen (secondary N) is 1. The van der Waals surface area contributed by atoms with Gasteiger partial charge in [-0.15, -0.1) is 10.2 Å². The van der Waals surface area contributed by atoms with E-state index in [4.69, 9.17) is 9.84 Å². The maximum absolute atomic E-state index is 10.6. The van der Waals surface area contributed by atoms with E-state index in [0.29, 0.717) is 17.4 Å². The van der Waals surface area contributed by atoms with Gasteiger partial charge in [-0.25, -0.2) is 9.78 Å². The second kappa shape index (κ2) is 5.09. The van der Waals surface area contributed by atoms with E-state index < -0.39 is 5.97 Å². The summed E-state index contributed by atoms with van der Waals surface area (Å²) < 4.78 is 4.93. The second-order valence-corrected chi connectivity index (χ2v) is 3.32. The fourth-order valence-corrected chi connectivity index (χ4v) is 1.24. The minimum Gasteiger partial charge on any atom is -0.481 e. The van der Waals surface area contributed by atoms with Crippen molar-refractivity contribution in [3.8, 4) is 5.88 Å². The molecule has 0 saturated heterocycles. The molecule has 0 aromatic carbocycles. The van der Waals surface area contributed by atoms with Crippen molar-refractivity contribution < 1.29 is 14.6 Å². The van der Waals surface area contributed by atoms with Crippen molar-refractivity contribution in [3.63, 3.8) is 0 Å². The number of carboxylic acids is 1. The quantitative estimate of drug-likeness (QED) is 0.839. The molecular formula is C11H10N4O3. The summed E-state index contributed by atoms with van der Waals surface area (Å²) in [7, 11) is 1.53. The van der Waals surface area contributed by atoms with E-state index in [9.17, 15) is 4.79 Å². The van der Waals surface area contributed by atoms with Crippen LogP contribution in [0, 0.1) is 0 Å². The van der Waals surface area contributed by atoms with Crippen LogP contribution in [0.25, 0.3) is 0 Å². The monoisotopic (exact) mass is 246 g/mol. The van der Waals surface area contributed by atoms with Gasteiger partial charge in [0.1, 0.15) is 0 Å². The van der Waals surface area contributed by atoms with Crippen LogP contribution in [0.4, 0.5) is 11.5 Å². The molecule has 2 aromatic heterocycles. The molecule has 2 rings (SSSR count). The molecule has 7 nitrogen and oxygen atoms in total. The number of ether oxygens (including phenoxy) is 1. The van der Waals surface area contributed by atoms with Crippen molar-refractivity contribution >= 4 is 17.5 Å². The average Bonchev–Trinajstić information content (AvgIpc) is 2.40. The minimum atomic E-state index is -1.11. The van der Waals surface area contributed by atoms with Gasteiger partial charge in [-0.2, -0.15) is 0 Å². The molecule has 0 saturated carbocycles. The lowest BCUT2D eigenvalue weighted by molar-refractivity contribution is 0.0689. The summed E-state index contributed by atoms with van der Waals surface area (Å²) in [6, 6.07) is 6.36. The van der Waals surface area contributed by atoms with E-state index in [1.165, 1.54) is 19.2 Å². The first-order valence-electron chi connectivity index (χ1n) is 5.03. The summed E-state index contributed by atoms with van der Waals surface area (Å²) in [6.07, 6.45) is 1.58. The Morgan fingerprint density at radius 2 is 2.11 bits per heavy atom. The molecule has 0 radical (unpaired) electrons. The highest BCUT2D eigenvalue weighted by Gasteiger charge is 2.05. The van der Waals surface area contributed by atoms with Crippen LogP contribution >= 0.6 is 0 Å². The number of aromatic nitrogens is 3. The number of rotatable bonds is 4. The lowest BCUT2D eigenvalue weighted by atomic mass is 10.3. The zero-order valence-electron chi connectivity index (χ0n) is 9.49.